The normalized spacial score (nSPS) is 24.7. The molecule has 2 aliphatic carbocycles. The Morgan fingerprint density at radius 2 is 1.87 bits per heavy atom. The van der Waals surface area contributed by atoms with E-state index >= 15 is 0 Å². The second kappa shape index (κ2) is 4.12. The van der Waals surface area contributed by atoms with E-state index in [0.29, 0.717) is 18.4 Å². The lowest BCUT2D eigenvalue weighted by molar-refractivity contribution is -0.132. The Morgan fingerprint density at radius 3 is 2.33 bits per heavy atom. The first-order valence-corrected chi connectivity index (χ1v) is 6.11. The molecule has 0 aromatic rings. The van der Waals surface area contributed by atoms with Crippen LogP contribution in [0.2, 0.25) is 0 Å². The summed E-state index contributed by atoms with van der Waals surface area (Å²) in [7, 11) is 1.92. The van der Waals surface area contributed by atoms with Gasteiger partial charge in [0.1, 0.15) is 0 Å². The summed E-state index contributed by atoms with van der Waals surface area (Å²) >= 11 is 0. The predicted octanol–water partition coefficient (Wildman–Crippen LogP) is 1.37. The molecule has 2 rings (SSSR count). The van der Waals surface area contributed by atoms with Gasteiger partial charge in [-0.25, -0.2) is 0 Å². The Balaban J connectivity index is 1.77. The van der Waals surface area contributed by atoms with Gasteiger partial charge < -0.3 is 10.6 Å². The first kappa shape index (κ1) is 10.9. The Bertz CT molecular complexity index is 246. The third-order valence-corrected chi connectivity index (χ3v) is 3.95. The highest BCUT2D eigenvalue weighted by Gasteiger charge is 2.35. The maximum absolute atomic E-state index is 11.9. The van der Waals surface area contributed by atoms with Crippen molar-refractivity contribution in [1.29, 1.82) is 0 Å². The number of nitrogens with zero attached hydrogens (tertiary/aromatic N) is 1. The smallest absolute Gasteiger partial charge is 0.224 e. The van der Waals surface area contributed by atoms with Crippen LogP contribution in [0.1, 0.15) is 39.0 Å². The Morgan fingerprint density at radius 1 is 1.33 bits per heavy atom. The molecule has 86 valence electrons. The molecule has 15 heavy (non-hydrogen) atoms. The van der Waals surface area contributed by atoms with E-state index in [9.17, 15) is 4.79 Å². The van der Waals surface area contributed by atoms with E-state index in [1.54, 1.807) is 0 Å². The van der Waals surface area contributed by atoms with E-state index in [1.165, 1.54) is 25.7 Å². The highest BCUT2D eigenvalue weighted by Crippen LogP contribution is 2.36. The minimum atomic E-state index is 0.103. The molecule has 0 spiro atoms. The zero-order valence-electron chi connectivity index (χ0n) is 9.78. The second-order valence-corrected chi connectivity index (χ2v) is 5.29. The number of hydrogen-bond acceptors (Lipinski definition) is 2. The fraction of sp³-hybridized carbons (Fsp3) is 0.917. The standard InChI is InChI=1S/C12H22N2O/c1-8(9-3-4-9)14(2)12(15)7-11(13)10-5-6-10/h8-11H,3-7,13H2,1-2H3. The summed E-state index contributed by atoms with van der Waals surface area (Å²) in [5.74, 6) is 1.60. The average molecular weight is 210 g/mol. The third kappa shape index (κ3) is 2.71. The Labute approximate surface area is 92.0 Å². The van der Waals surface area contributed by atoms with Crippen molar-refractivity contribution < 1.29 is 4.79 Å². The average Bonchev–Trinajstić information content (AvgIpc) is 3.07. The lowest BCUT2D eigenvalue weighted by Crippen LogP contribution is -2.40. The van der Waals surface area contributed by atoms with E-state index in [2.05, 4.69) is 6.92 Å². The van der Waals surface area contributed by atoms with Crippen molar-refractivity contribution in [2.24, 2.45) is 17.6 Å². The molecule has 2 unspecified atom stereocenters. The van der Waals surface area contributed by atoms with Gasteiger partial charge in [-0.1, -0.05) is 0 Å². The molecular weight excluding hydrogens is 188 g/mol. The van der Waals surface area contributed by atoms with Crippen molar-refractivity contribution in [2.75, 3.05) is 7.05 Å². The van der Waals surface area contributed by atoms with Gasteiger partial charge in [0.25, 0.3) is 0 Å². The van der Waals surface area contributed by atoms with Gasteiger partial charge in [0.05, 0.1) is 0 Å². The molecule has 2 N–H and O–H groups in total. The van der Waals surface area contributed by atoms with E-state index in [4.69, 9.17) is 5.73 Å². The van der Waals surface area contributed by atoms with Crippen LogP contribution in [0.25, 0.3) is 0 Å². The van der Waals surface area contributed by atoms with E-state index in [0.717, 1.165) is 5.92 Å². The van der Waals surface area contributed by atoms with Gasteiger partial charge in [-0.15, -0.1) is 0 Å². The number of hydrogen-bond donors (Lipinski definition) is 1. The van der Waals surface area contributed by atoms with Gasteiger partial charge in [-0.2, -0.15) is 0 Å². The fourth-order valence-electron chi connectivity index (χ4n) is 2.16. The minimum absolute atomic E-state index is 0.103. The molecule has 0 aliphatic heterocycles. The van der Waals surface area contributed by atoms with Gasteiger partial charge in [-0.05, 0) is 44.4 Å². The van der Waals surface area contributed by atoms with E-state index < -0.39 is 0 Å². The number of nitrogens with two attached hydrogens (primary N) is 1. The van der Waals surface area contributed by atoms with Gasteiger partial charge in [0.15, 0.2) is 0 Å². The Hall–Kier alpha value is -0.570. The van der Waals surface area contributed by atoms with Crippen LogP contribution >= 0.6 is 0 Å². The molecule has 3 heteroatoms. The highest BCUT2D eigenvalue weighted by atomic mass is 16.2. The maximum atomic E-state index is 11.9. The quantitative estimate of drug-likeness (QED) is 0.745. The number of carbonyl (C=O) groups is 1. The first-order valence-electron chi connectivity index (χ1n) is 6.11. The van der Waals surface area contributed by atoms with E-state index in [-0.39, 0.29) is 11.9 Å². The van der Waals surface area contributed by atoms with E-state index in [1.807, 2.05) is 11.9 Å². The first-order chi connectivity index (χ1) is 7.09. The molecule has 0 radical (unpaired) electrons. The Kier molecular flexibility index (Phi) is 3.01. The van der Waals surface area contributed by atoms with Crippen LogP contribution in [0.3, 0.4) is 0 Å². The van der Waals surface area contributed by atoms with Crippen LogP contribution in [0.15, 0.2) is 0 Å². The summed E-state index contributed by atoms with van der Waals surface area (Å²) < 4.78 is 0. The van der Waals surface area contributed by atoms with Crippen LogP contribution in [0.4, 0.5) is 0 Å². The molecule has 0 aromatic heterocycles. The van der Waals surface area contributed by atoms with Gasteiger partial charge in [0.2, 0.25) is 5.91 Å². The zero-order valence-corrected chi connectivity index (χ0v) is 9.78. The number of rotatable bonds is 5. The van der Waals surface area contributed by atoms with Gasteiger partial charge in [-0.3, -0.25) is 4.79 Å². The summed E-state index contributed by atoms with van der Waals surface area (Å²) in [5, 5.41) is 0. The molecule has 2 atom stereocenters. The van der Waals surface area contributed by atoms with Crippen LogP contribution in [0.5, 0.6) is 0 Å². The molecule has 2 fully saturated rings. The summed E-state index contributed by atoms with van der Waals surface area (Å²) in [5.41, 5.74) is 5.96. The predicted molar refractivity (Wildman–Crippen MR) is 60.3 cm³/mol. The van der Waals surface area contributed by atoms with Crippen LogP contribution in [-0.4, -0.2) is 29.9 Å². The highest BCUT2D eigenvalue weighted by molar-refractivity contribution is 5.77. The van der Waals surface area contributed by atoms with Crippen molar-refractivity contribution in [2.45, 2.75) is 51.1 Å². The largest absolute Gasteiger partial charge is 0.343 e. The molecule has 0 aromatic carbocycles. The topological polar surface area (TPSA) is 46.3 Å². The number of carbonyl (C=O) groups excluding carboxylic acids is 1. The maximum Gasteiger partial charge on any atom is 0.224 e. The SMILES string of the molecule is CC(C1CC1)N(C)C(=O)CC(N)C1CC1. The fourth-order valence-corrected chi connectivity index (χ4v) is 2.16. The summed E-state index contributed by atoms with van der Waals surface area (Å²) in [4.78, 5) is 13.8. The lowest BCUT2D eigenvalue weighted by Gasteiger charge is -2.26. The summed E-state index contributed by atoms with van der Waals surface area (Å²) in [6, 6.07) is 0.509. The molecule has 0 heterocycles. The second-order valence-electron chi connectivity index (χ2n) is 5.29. The molecule has 0 saturated heterocycles. The van der Waals surface area contributed by atoms with Crippen LogP contribution in [-0.2, 0) is 4.79 Å². The van der Waals surface area contributed by atoms with Crippen molar-refractivity contribution in [3.8, 4) is 0 Å². The van der Waals surface area contributed by atoms with Crippen LogP contribution in [0, 0.1) is 11.8 Å². The lowest BCUT2D eigenvalue weighted by atomic mass is 10.1. The molecule has 2 aliphatic rings. The van der Waals surface area contributed by atoms with Crippen molar-refractivity contribution in [1.82, 2.24) is 4.90 Å². The minimum Gasteiger partial charge on any atom is -0.343 e. The summed E-state index contributed by atoms with van der Waals surface area (Å²) in [6.07, 6.45) is 5.55. The van der Waals surface area contributed by atoms with Gasteiger partial charge >= 0.3 is 0 Å². The molecule has 1 amide bonds. The molecular formula is C12H22N2O. The number of amides is 1. The monoisotopic (exact) mass is 210 g/mol. The van der Waals surface area contributed by atoms with Gasteiger partial charge in [0, 0.05) is 25.6 Å². The van der Waals surface area contributed by atoms with Crippen LogP contribution < -0.4 is 5.73 Å². The van der Waals surface area contributed by atoms with Crippen molar-refractivity contribution in [3.05, 3.63) is 0 Å². The molecule has 2 saturated carbocycles. The van der Waals surface area contributed by atoms with Crippen molar-refractivity contribution >= 4 is 5.91 Å². The molecule has 0 bridgehead atoms. The molecule has 3 nitrogen and oxygen atoms in total. The zero-order chi connectivity index (χ0) is 11.0. The summed E-state index contributed by atoms with van der Waals surface area (Å²) in [6.45, 7) is 2.15. The third-order valence-electron chi connectivity index (χ3n) is 3.95. The van der Waals surface area contributed by atoms with Crippen molar-refractivity contribution in [3.63, 3.8) is 0 Å².